The predicted molar refractivity (Wildman–Crippen MR) is 101 cm³/mol. The quantitative estimate of drug-likeness (QED) is 0.589. The van der Waals surface area contributed by atoms with E-state index in [9.17, 15) is 4.79 Å². The summed E-state index contributed by atoms with van der Waals surface area (Å²) in [5.41, 5.74) is 4.65. The van der Waals surface area contributed by atoms with Gasteiger partial charge in [-0.25, -0.2) is 24.4 Å². The first-order valence-electron chi connectivity index (χ1n) is 8.55. The van der Waals surface area contributed by atoms with Crippen LogP contribution in [0.15, 0.2) is 53.8 Å². The summed E-state index contributed by atoms with van der Waals surface area (Å²) in [5.74, 6) is 0.785. The third kappa shape index (κ3) is 3.05. The van der Waals surface area contributed by atoms with Crippen molar-refractivity contribution < 1.29 is 4.74 Å². The first-order valence-corrected chi connectivity index (χ1v) is 8.55. The summed E-state index contributed by atoms with van der Waals surface area (Å²) in [6.45, 7) is 4.36. The SMILES string of the molecule is Cc1cc(-n2cncn2)ccc1OCc1c(C)cccc1-n1[nH]n(C)c1=O. The van der Waals surface area contributed by atoms with Crippen molar-refractivity contribution in [2.75, 3.05) is 0 Å². The van der Waals surface area contributed by atoms with Crippen molar-refractivity contribution in [2.45, 2.75) is 20.5 Å². The summed E-state index contributed by atoms with van der Waals surface area (Å²) in [5, 5.41) is 7.09. The summed E-state index contributed by atoms with van der Waals surface area (Å²) in [6, 6.07) is 11.7. The highest BCUT2D eigenvalue weighted by molar-refractivity contribution is 5.46. The Morgan fingerprint density at radius 3 is 2.67 bits per heavy atom. The van der Waals surface area contributed by atoms with Gasteiger partial charge in [0.1, 0.15) is 25.0 Å². The Morgan fingerprint density at radius 2 is 2.00 bits per heavy atom. The molecule has 0 radical (unpaired) electrons. The second-order valence-electron chi connectivity index (χ2n) is 6.43. The van der Waals surface area contributed by atoms with Gasteiger partial charge in [-0.3, -0.25) is 0 Å². The minimum absolute atomic E-state index is 0.102. The van der Waals surface area contributed by atoms with E-state index in [-0.39, 0.29) is 5.69 Å². The molecule has 0 unspecified atom stereocenters. The molecular weight excluding hydrogens is 344 g/mol. The van der Waals surface area contributed by atoms with Crippen LogP contribution in [0.1, 0.15) is 16.7 Å². The zero-order valence-corrected chi connectivity index (χ0v) is 15.4. The van der Waals surface area contributed by atoms with Gasteiger partial charge in [-0.05, 0) is 49.2 Å². The molecule has 2 aromatic carbocycles. The van der Waals surface area contributed by atoms with Crippen LogP contribution in [0.4, 0.5) is 0 Å². The Morgan fingerprint density at radius 1 is 1.15 bits per heavy atom. The maximum absolute atomic E-state index is 12.0. The van der Waals surface area contributed by atoms with Crippen LogP contribution in [0.5, 0.6) is 5.75 Å². The largest absolute Gasteiger partial charge is 0.489 e. The number of nitrogens with one attached hydrogen (secondary N) is 1. The number of H-pyrrole nitrogens is 1. The van der Waals surface area contributed by atoms with Crippen LogP contribution in [0.2, 0.25) is 0 Å². The second-order valence-corrected chi connectivity index (χ2v) is 6.43. The normalized spacial score (nSPS) is 11.1. The Labute approximate surface area is 155 Å². The van der Waals surface area contributed by atoms with Crippen molar-refractivity contribution in [1.82, 2.24) is 29.3 Å². The van der Waals surface area contributed by atoms with E-state index in [1.807, 2.05) is 50.2 Å². The molecule has 27 heavy (non-hydrogen) atoms. The highest BCUT2D eigenvalue weighted by atomic mass is 16.5. The number of nitrogens with zero attached hydrogens (tertiary/aromatic N) is 5. The van der Waals surface area contributed by atoms with Gasteiger partial charge in [-0.15, -0.1) is 0 Å². The molecule has 0 aliphatic rings. The Kier molecular flexibility index (Phi) is 4.15. The topological polar surface area (TPSA) is 82.7 Å². The molecule has 0 amide bonds. The van der Waals surface area contributed by atoms with Crippen LogP contribution < -0.4 is 10.4 Å². The smallest absolute Gasteiger partial charge is 0.364 e. The molecule has 0 fully saturated rings. The van der Waals surface area contributed by atoms with E-state index in [4.69, 9.17) is 4.74 Å². The lowest BCUT2D eigenvalue weighted by Gasteiger charge is -2.19. The maximum atomic E-state index is 12.0. The number of aromatic amines is 1. The molecule has 8 heteroatoms. The fourth-order valence-electron chi connectivity index (χ4n) is 3.01. The van der Waals surface area contributed by atoms with Gasteiger partial charge in [-0.2, -0.15) is 9.78 Å². The van der Waals surface area contributed by atoms with E-state index in [0.29, 0.717) is 6.61 Å². The van der Waals surface area contributed by atoms with E-state index in [2.05, 4.69) is 15.3 Å². The molecule has 2 heterocycles. The summed E-state index contributed by atoms with van der Waals surface area (Å²) in [4.78, 5) is 16.0. The third-order valence-electron chi connectivity index (χ3n) is 4.57. The zero-order valence-electron chi connectivity index (χ0n) is 15.4. The molecule has 0 bridgehead atoms. The fourth-order valence-corrected chi connectivity index (χ4v) is 3.01. The van der Waals surface area contributed by atoms with Crippen molar-refractivity contribution in [3.05, 3.63) is 76.2 Å². The van der Waals surface area contributed by atoms with E-state index >= 15 is 0 Å². The summed E-state index contributed by atoms with van der Waals surface area (Å²) in [7, 11) is 1.69. The first-order chi connectivity index (χ1) is 13.0. The molecule has 0 atom stereocenters. The molecule has 0 spiro atoms. The number of rotatable bonds is 5. The van der Waals surface area contributed by atoms with Crippen LogP contribution in [-0.2, 0) is 13.7 Å². The lowest BCUT2D eigenvalue weighted by molar-refractivity contribution is 0.301. The number of hydrogen-bond acceptors (Lipinski definition) is 4. The maximum Gasteiger partial charge on any atom is 0.364 e. The van der Waals surface area contributed by atoms with Gasteiger partial charge < -0.3 is 4.74 Å². The van der Waals surface area contributed by atoms with Crippen LogP contribution in [0.25, 0.3) is 11.4 Å². The van der Waals surface area contributed by atoms with Crippen LogP contribution in [0, 0.1) is 13.8 Å². The average molecular weight is 364 g/mol. The van der Waals surface area contributed by atoms with E-state index < -0.39 is 0 Å². The number of ether oxygens (including phenoxy) is 1. The predicted octanol–water partition coefficient (Wildman–Crippen LogP) is 2.28. The Hall–Kier alpha value is -3.55. The molecular formula is C19H20N6O2. The summed E-state index contributed by atoms with van der Waals surface area (Å²) >= 11 is 0. The van der Waals surface area contributed by atoms with Gasteiger partial charge >= 0.3 is 5.69 Å². The number of aryl methyl sites for hydroxylation is 3. The zero-order chi connectivity index (χ0) is 19.0. The minimum atomic E-state index is -0.102. The van der Waals surface area contributed by atoms with Crippen LogP contribution in [0.3, 0.4) is 0 Å². The van der Waals surface area contributed by atoms with Crippen molar-refractivity contribution in [2.24, 2.45) is 7.05 Å². The van der Waals surface area contributed by atoms with Gasteiger partial charge in [0, 0.05) is 12.6 Å². The van der Waals surface area contributed by atoms with E-state index in [1.54, 1.807) is 18.1 Å². The standard InChI is InChI=1S/C19H20N6O2/c1-13-5-4-6-17(25-19(26)23(3)22-25)16(13)10-27-18-8-7-15(9-14(18)2)24-12-20-11-21-24/h4-9,11-12,22H,10H2,1-3H3. The molecule has 0 saturated carbocycles. The second kappa shape index (κ2) is 6.64. The molecule has 138 valence electrons. The molecule has 4 rings (SSSR count). The summed E-state index contributed by atoms with van der Waals surface area (Å²) in [6.07, 6.45) is 3.16. The number of hydrogen-bond donors (Lipinski definition) is 1. The molecule has 0 aliphatic heterocycles. The van der Waals surface area contributed by atoms with Crippen molar-refractivity contribution in [1.29, 1.82) is 0 Å². The van der Waals surface area contributed by atoms with Gasteiger partial charge in [0.15, 0.2) is 0 Å². The third-order valence-corrected chi connectivity index (χ3v) is 4.57. The average Bonchev–Trinajstić information content (AvgIpc) is 3.20. The molecule has 0 saturated heterocycles. The highest BCUT2D eigenvalue weighted by Gasteiger charge is 2.14. The van der Waals surface area contributed by atoms with Crippen LogP contribution in [-0.4, -0.2) is 29.3 Å². The van der Waals surface area contributed by atoms with E-state index in [1.165, 1.54) is 15.7 Å². The molecule has 4 aromatic rings. The molecule has 2 aromatic heterocycles. The summed E-state index contributed by atoms with van der Waals surface area (Å²) < 4.78 is 10.7. The fraction of sp³-hybridized carbons (Fsp3) is 0.211. The van der Waals surface area contributed by atoms with Crippen LogP contribution >= 0.6 is 0 Å². The Balaban J connectivity index is 1.60. The minimum Gasteiger partial charge on any atom is -0.489 e. The van der Waals surface area contributed by atoms with E-state index in [0.717, 1.165) is 33.8 Å². The van der Waals surface area contributed by atoms with Gasteiger partial charge in [0.25, 0.3) is 0 Å². The Bertz CT molecular complexity index is 1130. The van der Waals surface area contributed by atoms with Gasteiger partial charge in [0.2, 0.25) is 0 Å². The van der Waals surface area contributed by atoms with Gasteiger partial charge in [-0.1, -0.05) is 12.1 Å². The lowest BCUT2D eigenvalue weighted by Crippen LogP contribution is -2.40. The lowest BCUT2D eigenvalue weighted by atomic mass is 10.1. The molecule has 8 nitrogen and oxygen atoms in total. The van der Waals surface area contributed by atoms with Crippen molar-refractivity contribution >= 4 is 0 Å². The molecule has 0 aliphatic carbocycles. The van der Waals surface area contributed by atoms with Crippen molar-refractivity contribution in [3.63, 3.8) is 0 Å². The highest BCUT2D eigenvalue weighted by Crippen LogP contribution is 2.24. The van der Waals surface area contributed by atoms with Crippen molar-refractivity contribution in [3.8, 4) is 17.1 Å². The van der Waals surface area contributed by atoms with Gasteiger partial charge in [0.05, 0.1) is 11.4 Å². The first kappa shape index (κ1) is 16.9. The monoisotopic (exact) mass is 364 g/mol. The number of benzene rings is 2. The molecule has 1 N–H and O–H groups in total. The number of aromatic nitrogens is 6.